The zero-order valence-corrected chi connectivity index (χ0v) is 11.3. The van der Waals surface area contributed by atoms with E-state index in [9.17, 15) is 9.90 Å². The zero-order chi connectivity index (χ0) is 14.3. The van der Waals surface area contributed by atoms with Gasteiger partial charge in [-0.3, -0.25) is 4.79 Å². The molecule has 104 valence electrons. The summed E-state index contributed by atoms with van der Waals surface area (Å²) in [6, 6.07) is 9.19. The Morgan fingerprint density at radius 1 is 1.40 bits per heavy atom. The van der Waals surface area contributed by atoms with Gasteiger partial charge in [0.1, 0.15) is 17.8 Å². The van der Waals surface area contributed by atoms with Crippen molar-refractivity contribution in [2.45, 2.75) is 25.6 Å². The molecule has 3 atom stereocenters. The number of nitrogens with zero attached hydrogens (tertiary/aromatic N) is 3. The molecule has 0 bridgehead atoms. The van der Waals surface area contributed by atoms with Crippen molar-refractivity contribution in [2.24, 2.45) is 5.92 Å². The fraction of sp³-hybridized carbons (Fsp3) is 0.357. The number of hydrogen-bond donors (Lipinski definition) is 2. The summed E-state index contributed by atoms with van der Waals surface area (Å²) < 4.78 is 1.65. The highest BCUT2D eigenvalue weighted by molar-refractivity contribution is 5.81. The minimum absolute atomic E-state index is 0.0995. The first kappa shape index (κ1) is 12.8. The van der Waals surface area contributed by atoms with Gasteiger partial charge in [0.25, 0.3) is 0 Å². The van der Waals surface area contributed by atoms with Crippen LogP contribution in [-0.4, -0.2) is 31.4 Å². The number of rotatable bonds is 2. The molecule has 0 saturated carbocycles. The molecule has 1 aliphatic rings. The van der Waals surface area contributed by atoms with Crippen molar-refractivity contribution in [3.8, 4) is 0 Å². The second-order valence-electron chi connectivity index (χ2n) is 5.24. The lowest BCUT2D eigenvalue weighted by Gasteiger charge is -2.42. The minimum atomic E-state index is -1.37. The number of hydrogen-bond acceptors (Lipinski definition) is 5. The van der Waals surface area contributed by atoms with E-state index in [4.69, 9.17) is 0 Å². The minimum Gasteiger partial charge on any atom is -0.370 e. The predicted molar refractivity (Wildman–Crippen MR) is 73.0 cm³/mol. The first-order valence-corrected chi connectivity index (χ1v) is 6.46. The number of Topliss-reactive ketones (excluding diaryl/α,β-unsaturated/α-hetero) is 1. The zero-order valence-electron chi connectivity index (χ0n) is 11.3. The van der Waals surface area contributed by atoms with Gasteiger partial charge in [0.15, 0.2) is 0 Å². The molecule has 6 nitrogen and oxygen atoms in total. The molecule has 0 aliphatic carbocycles. The summed E-state index contributed by atoms with van der Waals surface area (Å²) in [5.74, 6) is -0.280. The number of carbonyl (C=O) groups is 1. The monoisotopic (exact) mass is 272 g/mol. The van der Waals surface area contributed by atoms with Gasteiger partial charge in [0.2, 0.25) is 5.95 Å². The van der Waals surface area contributed by atoms with Crippen molar-refractivity contribution in [2.75, 3.05) is 5.32 Å². The summed E-state index contributed by atoms with van der Waals surface area (Å²) >= 11 is 0. The van der Waals surface area contributed by atoms with E-state index in [0.717, 1.165) is 5.56 Å². The average Bonchev–Trinajstić information content (AvgIpc) is 2.83. The molecule has 3 rings (SSSR count). The van der Waals surface area contributed by atoms with Crippen LogP contribution >= 0.6 is 0 Å². The summed E-state index contributed by atoms with van der Waals surface area (Å²) in [4.78, 5) is 16.2. The van der Waals surface area contributed by atoms with Crippen LogP contribution in [0, 0.1) is 5.92 Å². The molecule has 0 spiro atoms. The van der Waals surface area contributed by atoms with Crippen molar-refractivity contribution >= 4 is 11.7 Å². The highest BCUT2D eigenvalue weighted by atomic mass is 16.3. The van der Waals surface area contributed by atoms with Crippen molar-refractivity contribution < 1.29 is 9.90 Å². The molecule has 2 N–H and O–H groups in total. The molecule has 0 radical (unpaired) electrons. The Balaban J connectivity index is 2.19. The molecule has 1 aliphatic heterocycles. The Kier molecular flexibility index (Phi) is 2.83. The number of nitrogens with one attached hydrogen (secondary N) is 1. The van der Waals surface area contributed by atoms with Crippen molar-refractivity contribution in [1.29, 1.82) is 0 Å². The first-order valence-electron chi connectivity index (χ1n) is 6.46. The smallest absolute Gasteiger partial charge is 0.223 e. The Labute approximate surface area is 116 Å². The highest BCUT2D eigenvalue weighted by Crippen LogP contribution is 2.40. The molecule has 6 heteroatoms. The maximum absolute atomic E-state index is 12.1. The van der Waals surface area contributed by atoms with E-state index in [2.05, 4.69) is 15.4 Å². The molecular formula is C14H16N4O2. The van der Waals surface area contributed by atoms with E-state index in [1.807, 2.05) is 30.3 Å². The summed E-state index contributed by atoms with van der Waals surface area (Å²) in [5.41, 5.74) is -0.448. The lowest BCUT2D eigenvalue weighted by molar-refractivity contribution is -0.130. The third-order valence-corrected chi connectivity index (χ3v) is 3.70. The standard InChI is InChI=1S/C14H16N4O2/c1-9(19)11-12(10-6-4-3-5-7-10)18-13(15-8-16-18)17-14(11,2)20/h3-8,11-12,20H,1-2H3,(H,15,16,17)/t11-,12-,14-/m1/s1. The molecule has 1 aromatic carbocycles. The van der Waals surface area contributed by atoms with Crippen LogP contribution in [0.3, 0.4) is 0 Å². The molecule has 0 amide bonds. The van der Waals surface area contributed by atoms with E-state index in [1.54, 1.807) is 11.6 Å². The molecule has 1 aromatic heterocycles. The van der Waals surface area contributed by atoms with Crippen LogP contribution in [0.25, 0.3) is 0 Å². The second kappa shape index (κ2) is 4.42. The maximum atomic E-state index is 12.1. The van der Waals surface area contributed by atoms with Gasteiger partial charge >= 0.3 is 0 Å². The summed E-state index contributed by atoms with van der Waals surface area (Å²) in [7, 11) is 0. The van der Waals surface area contributed by atoms with Crippen LogP contribution in [0.15, 0.2) is 36.7 Å². The van der Waals surface area contributed by atoms with Gasteiger partial charge in [-0.1, -0.05) is 30.3 Å². The number of fused-ring (bicyclic) bond motifs is 1. The Bertz CT molecular complexity index is 636. The van der Waals surface area contributed by atoms with E-state index < -0.39 is 11.6 Å². The lowest BCUT2D eigenvalue weighted by atomic mass is 9.81. The number of benzene rings is 1. The third kappa shape index (κ3) is 1.89. The predicted octanol–water partition coefficient (Wildman–Crippen LogP) is 1.21. The molecule has 2 heterocycles. The summed E-state index contributed by atoms with van der Waals surface area (Å²) in [5, 5.41) is 17.7. The average molecular weight is 272 g/mol. The SMILES string of the molecule is CC(=O)[C@@H]1[C@@H](c2ccccc2)n2ncnc2N[C@]1(C)O. The van der Waals surface area contributed by atoms with Gasteiger partial charge in [0.05, 0.1) is 12.0 Å². The van der Waals surface area contributed by atoms with Gasteiger partial charge in [-0.15, -0.1) is 0 Å². The number of aliphatic hydroxyl groups is 1. The Morgan fingerprint density at radius 3 is 2.75 bits per heavy atom. The van der Waals surface area contributed by atoms with Gasteiger partial charge < -0.3 is 10.4 Å². The number of aromatic nitrogens is 3. The number of ketones is 1. The number of anilines is 1. The molecule has 0 unspecified atom stereocenters. The fourth-order valence-corrected chi connectivity index (χ4v) is 2.90. The normalized spacial score (nSPS) is 28.6. The molecule has 0 saturated heterocycles. The van der Waals surface area contributed by atoms with E-state index in [-0.39, 0.29) is 11.8 Å². The molecule has 2 aromatic rings. The van der Waals surface area contributed by atoms with Crippen LogP contribution in [0.5, 0.6) is 0 Å². The van der Waals surface area contributed by atoms with Gasteiger partial charge in [0, 0.05) is 0 Å². The van der Waals surface area contributed by atoms with Crippen LogP contribution in [0.1, 0.15) is 25.5 Å². The topological polar surface area (TPSA) is 80.0 Å². The second-order valence-corrected chi connectivity index (χ2v) is 5.24. The van der Waals surface area contributed by atoms with E-state index >= 15 is 0 Å². The van der Waals surface area contributed by atoms with Crippen molar-refractivity contribution in [1.82, 2.24) is 14.8 Å². The summed E-state index contributed by atoms with van der Waals surface area (Å²) in [6.07, 6.45) is 1.41. The third-order valence-electron chi connectivity index (χ3n) is 3.70. The van der Waals surface area contributed by atoms with Crippen molar-refractivity contribution in [3.05, 3.63) is 42.2 Å². The number of carbonyl (C=O) groups excluding carboxylic acids is 1. The van der Waals surface area contributed by atoms with Crippen LogP contribution in [0.2, 0.25) is 0 Å². The highest BCUT2D eigenvalue weighted by Gasteiger charge is 2.48. The van der Waals surface area contributed by atoms with Crippen LogP contribution < -0.4 is 5.32 Å². The molecule has 20 heavy (non-hydrogen) atoms. The maximum Gasteiger partial charge on any atom is 0.223 e. The Morgan fingerprint density at radius 2 is 2.10 bits per heavy atom. The van der Waals surface area contributed by atoms with Gasteiger partial charge in [-0.05, 0) is 19.4 Å². The largest absolute Gasteiger partial charge is 0.370 e. The lowest BCUT2D eigenvalue weighted by Crippen LogP contribution is -2.54. The van der Waals surface area contributed by atoms with Gasteiger partial charge in [-0.2, -0.15) is 10.1 Å². The van der Waals surface area contributed by atoms with Crippen LogP contribution in [-0.2, 0) is 4.79 Å². The fourth-order valence-electron chi connectivity index (χ4n) is 2.90. The van der Waals surface area contributed by atoms with E-state index in [1.165, 1.54) is 13.3 Å². The van der Waals surface area contributed by atoms with Gasteiger partial charge in [-0.25, -0.2) is 4.68 Å². The summed E-state index contributed by atoms with van der Waals surface area (Å²) in [6.45, 7) is 3.08. The van der Waals surface area contributed by atoms with E-state index in [0.29, 0.717) is 5.95 Å². The molecule has 0 fully saturated rings. The van der Waals surface area contributed by atoms with Crippen molar-refractivity contribution in [3.63, 3.8) is 0 Å². The van der Waals surface area contributed by atoms with Crippen LogP contribution in [0.4, 0.5) is 5.95 Å². The quantitative estimate of drug-likeness (QED) is 0.859. The first-order chi connectivity index (χ1) is 9.50. The Hall–Kier alpha value is -2.21. The molecular weight excluding hydrogens is 256 g/mol.